The van der Waals surface area contributed by atoms with Gasteiger partial charge in [0.15, 0.2) is 0 Å². The number of aromatic nitrogens is 4. The van der Waals surface area contributed by atoms with Crippen LogP contribution in [0.2, 0.25) is 0 Å². The van der Waals surface area contributed by atoms with Gasteiger partial charge in [-0.2, -0.15) is 4.98 Å². The van der Waals surface area contributed by atoms with Crippen LogP contribution in [0.25, 0.3) is 5.82 Å². The maximum atomic E-state index is 5.24. The van der Waals surface area contributed by atoms with Crippen molar-refractivity contribution in [2.45, 2.75) is 6.92 Å². The summed E-state index contributed by atoms with van der Waals surface area (Å²) in [6, 6.07) is 1.85. The van der Waals surface area contributed by atoms with E-state index in [1.165, 1.54) is 0 Å². The Morgan fingerprint density at radius 1 is 1.43 bits per heavy atom. The average Bonchev–Trinajstić information content (AvgIpc) is 2.69. The summed E-state index contributed by atoms with van der Waals surface area (Å²) in [6.07, 6.45) is 5.16. The minimum atomic E-state index is 0.397. The second-order valence-corrected chi connectivity index (χ2v) is 2.81. The van der Waals surface area contributed by atoms with E-state index >= 15 is 0 Å². The quantitative estimate of drug-likeness (QED) is 0.524. The predicted molar refractivity (Wildman–Crippen MR) is 51.7 cm³/mol. The van der Waals surface area contributed by atoms with E-state index in [0.29, 0.717) is 5.95 Å². The van der Waals surface area contributed by atoms with Crippen LogP contribution >= 0.6 is 0 Å². The Hall–Kier alpha value is -1.95. The van der Waals surface area contributed by atoms with E-state index in [1.807, 2.05) is 19.2 Å². The fourth-order valence-corrected chi connectivity index (χ4v) is 1.14. The van der Waals surface area contributed by atoms with Crippen molar-refractivity contribution in [3.8, 4) is 5.82 Å². The van der Waals surface area contributed by atoms with Gasteiger partial charge in [0, 0.05) is 24.2 Å². The maximum Gasteiger partial charge on any atom is 0.239 e. The van der Waals surface area contributed by atoms with E-state index in [1.54, 1.807) is 17.1 Å². The molecule has 0 aromatic carbocycles. The molecule has 0 unspecified atom stereocenters. The summed E-state index contributed by atoms with van der Waals surface area (Å²) in [7, 11) is 0. The Morgan fingerprint density at radius 3 is 2.93 bits per heavy atom. The second kappa shape index (κ2) is 3.43. The molecule has 14 heavy (non-hydrogen) atoms. The summed E-state index contributed by atoms with van der Waals surface area (Å²) in [4.78, 5) is 12.2. The van der Waals surface area contributed by atoms with Gasteiger partial charge < -0.3 is 0 Å². The van der Waals surface area contributed by atoms with E-state index in [2.05, 4.69) is 20.4 Å². The minimum absolute atomic E-state index is 0.397. The standard InChI is InChI=1S/C8H10N6/c1-6-4-7(12-8(11-6)13-9)14-3-2-10-5-14/h2-5H,9H2,1H3,(H,11,12,13). The van der Waals surface area contributed by atoms with Crippen molar-refractivity contribution in [3.63, 3.8) is 0 Å². The van der Waals surface area contributed by atoms with E-state index in [-0.39, 0.29) is 0 Å². The number of nitrogens with one attached hydrogen (secondary N) is 1. The number of nitrogens with two attached hydrogens (primary N) is 1. The highest BCUT2D eigenvalue weighted by Gasteiger charge is 2.01. The molecule has 0 amide bonds. The molecule has 0 bridgehead atoms. The van der Waals surface area contributed by atoms with Gasteiger partial charge in [0.25, 0.3) is 0 Å². The van der Waals surface area contributed by atoms with Gasteiger partial charge in [-0.3, -0.25) is 9.99 Å². The van der Waals surface area contributed by atoms with Crippen molar-refractivity contribution in [2.24, 2.45) is 5.84 Å². The van der Waals surface area contributed by atoms with Gasteiger partial charge >= 0.3 is 0 Å². The van der Waals surface area contributed by atoms with E-state index in [9.17, 15) is 0 Å². The van der Waals surface area contributed by atoms with E-state index in [0.717, 1.165) is 11.5 Å². The molecule has 0 aliphatic rings. The third-order valence-electron chi connectivity index (χ3n) is 1.74. The van der Waals surface area contributed by atoms with Crippen LogP contribution in [-0.4, -0.2) is 19.5 Å². The lowest BCUT2D eigenvalue weighted by Crippen LogP contribution is -2.12. The van der Waals surface area contributed by atoms with Crippen LogP contribution in [0, 0.1) is 6.92 Å². The summed E-state index contributed by atoms with van der Waals surface area (Å²) < 4.78 is 1.79. The lowest BCUT2D eigenvalue weighted by Gasteiger charge is -2.04. The molecule has 0 saturated carbocycles. The molecule has 72 valence electrons. The summed E-state index contributed by atoms with van der Waals surface area (Å²) in [6.45, 7) is 1.88. The molecule has 0 spiro atoms. The first-order valence-electron chi connectivity index (χ1n) is 4.10. The van der Waals surface area contributed by atoms with Crippen LogP contribution in [0.4, 0.5) is 5.95 Å². The molecule has 0 radical (unpaired) electrons. The van der Waals surface area contributed by atoms with Crippen LogP contribution in [0.3, 0.4) is 0 Å². The molecule has 0 atom stereocenters. The number of nitrogens with zero attached hydrogens (tertiary/aromatic N) is 4. The molecule has 2 aromatic rings. The predicted octanol–water partition coefficient (Wildman–Crippen LogP) is 0.256. The number of aryl methyl sites for hydroxylation is 1. The zero-order valence-corrected chi connectivity index (χ0v) is 7.68. The Bertz CT molecular complexity index is 421. The summed E-state index contributed by atoms with van der Waals surface area (Å²) in [5, 5.41) is 0. The van der Waals surface area contributed by atoms with Crippen LogP contribution < -0.4 is 11.3 Å². The largest absolute Gasteiger partial charge is 0.292 e. The number of hydrazine groups is 1. The highest BCUT2D eigenvalue weighted by atomic mass is 15.3. The number of imidazole rings is 1. The highest BCUT2D eigenvalue weighted by molar-refractivity contribution is 5.33. The molecule has 0 aliphatic heterocycles. The topological polar surface area (TPSA) is 81.7 Å². The molecule has 6 heteroatoms. The van der Waals surface area contributed by atoms with Gasteiger partial charge in [-0.05, 0) is 6.92 Å². The number of anilines is 1. The molecular weight excluding hydrogens is 180 g/mol. The number of hydrogen-bond acceptors (Lipinski definition) is 5. The second-order valence-electron chi connectivity index (χ2n) is 2.81. The first kappa shape index (κ1) is 8.64. The zero-order valence-electron chi connectivity index (χ0n) is 7.68. The van der Waals surface area contributed by atoms with Crippen LogP contribution in [0.15, 0.2) is 24.8 Å². The van der Waals surface area contributed by atoms with Gasteiger partial charge in [0.1, 0.15) is 12.1 Å². The van der Waals surface area contributed by atoms with Crippen LogP contribution in [-0.2, 0) is 0 Å². The zero-order chi connectivity index (χ0) is 9.97. The molecule has 0 aliphatic carbocycles. The molecule has 2 rings (SSSR count). The van der Waals surface area contributed by atoms with Crippen LogP contribution in [0.5, 0.6) is 0 Å². The molecule has 0 saturated heterocycles. The third kappa shape index (κ3) is 1.55. The first-order valence-corrected chi connectivity index (χ1v) is 4.10. The number of rotatable bonds is 2. The highest BCUT2D eigenvalue weighted by Crippen LogP contribution is 2.07. The SMILES string of the molecule is Cc1cc(-n2ccnc2)nc(NN)n1. The third-order valence-corrected chi connectivity index (χ3v) is 1.74. The van der Waals surface area contributed by atoms with Crippen molar-refractivity contribution in [3.05, 3.63) is 30.5 Å². The Labute approximate surface area is 80.8 Å². The van der Waals surface area contributed by atoms with Gasteiger partial charge in [0.05, 0.1) is 0 Å². The maximum absolute atomic E-state index is 5.24. The van der Waals surface area contributed by atoms with Gasteiger partial charge in [-0.1, -0.05) is 0 Å². The van der Waals surface area contributed by atoms with Gasteiger partial charge in [-0.15, -0.1) is 0 Å². The molecule has 2 heterocycles. The number of hydrogen-bond donors (Lipinski definition) is 2. The van der Waals surface area contributed by atoms with E-state index in [4.69, 9.17) is 5.84 Å². The first-order chi connectivity index (χ1) is 6.79. The van der Waals surface area contributed by atoms with Gasteiger partial charge in [-0.25, -0.2) is 15.8 Å². The Balaban J connectivity index is 2.48. The average molecular weight is 190 g/mol. The molecule has 6 nitrogen and oxygen atoms in total. The van der Waals surface area contributed by atoms with Crippen LogP contribution in [0.1, 0.15) is 5.69 Å². The van der Waals surface area contributed by atoms with Crippen molar-refractivity contribution >= 4 is 5.95 Å². The fraction of sp³-hybridized carbons (Fsp3) is 0.125. The Kier molecular flexibility index (Phi) is 2.11. The summed E-state index contributed by atoms with van der Waals surface area (Å²) in [5.41, 5.74) is 3.26. The van der Waals surface area contributed by atoms with Crippen molar-refractivity contribution < 1.29 is 0 Å². The summed E-state index contributed by atoms with van der Waals surface area (Å²) in [5.74, 6) is 6.38. The number of nitrogen functional groups attached to an aromatic ring is 1. The lowest BCUT2D eigenvalue weighted by molar-refractivity contribution is 0.952. The fourth-order valence-electron chi connectivity index (χ4n) is 1.14. The minimum Gasteiger partial charge on any atom is -0.292 e. The molecule has 3 N–H and O–H groups in total. The smallest absolute Gasteiger partial charge is 0.239 e. The molecular formula is C8H10N6. The lowest BCUT2D eigenvalue weighted by atomic mass is 10.4. The van der Waals surface area contributed by atoms with E-state index < -0.39 is 0 Å². The monoisotopic (exact) mass is 190 g/mol. The van der Waals surface area contributed by atoms with Crippen molar-refractivity contribution in [1.29, 1.82) is 0 Å². The normalized spacial score (nSPS) is 10.1. The van der Waals surface area contributed by atoms with Crippen molar-refractivity contribution in [1.82, 2.24) is 19.5 Å². The molecule has 2 aromatic heterocycles. The Morgan fingerprint density at radius 2 is 2.29 bits per heavy atom. The summed E-state index contributed by atoms with van der Waals surface area (Å²) >= 11 is 0. The van der Waals surface area contributed by atoms with Gasteiger partial charge in [0.2, 0.25) is 5.95 Å². The molecule has 0 fully saturated rings. The van der Waals surface area contributed by atoms with Crippen molar-refractivity contribution in [2.75, 3.05) is 5.43 Å².